The number of aromatic carboxylic acids is 1. The Balaban J connectivity index is 2.02. The molecule has 1 saturated heterocycles. The summed E-state index contributed by atoms with van der Waals surface area (Å²) in [7, 11) is 1.56. The predicted molar refractivity (Wildman–Crippen MR) is 108 cm³/mol. The van der Waals surface area contributed by atoms with Crippen LogP contribution in [0.15, 0.2) is 52.4 Å². The second-order valence-corrected chi connectivity index (χ2v) is 6.81. The number of ether oxygens (including phenoxy) is 1. The second kappa shape index (κ2) is 8.18. The van der Waals surface area contributed by atoms with E-state index >= 15 is 0 Å². The number of para-hydroxylation sites is 1. The quantitative estimate of drug-likeness (QED) is 0.745. The van der Waals surface area contributed by atoms with Gasteiger partial charge in [0.1, 0.15) is 11.5 Å². The van der Waals surface area contributed by atoms with Gasteiger partial charge in [0, 0.05) is 12.1 Å². The minimum absolute atomic E-state index is 0.140. The molecule has 3 rings (SSSR count). The smallest absolute Gasteiger partial charge is 0.338 e. The fourth-order valence-electron chi connectivity index (χ4n) is 2.69. The first kappa shape index (κ1) is 19.5. The van der Waals surface area contributed by atoms with E-state index in [2.05, 4.69) is 4.99 Å². The summed E-state index contributed by atoms with van der Waals surface area (Å²) < 4.78 is 5.32. The lowest BCUT2D eigenvalue weighted by Gasteiger charge is -2.12. The lowest BCUT2D eigenvalue weighted by Crippen LogP contribution is -2.28. The van der Waals surface area contributed by atoms with Crippen molar-refractivity contribution in [2.45, 2.75) is 6.92 Å². The Bertz CT molecular complexity index is 1000. The van der Waals surface area contributed by atoms with Crippen LogP contribution >= 0.6 is 11.8 Å². The van der Waals surface area contributed by atoms with Crippen molar-refractivity contribution in [1.82, 2.24) is 4.90 Å². The number of benzene rings is 2. The van der Waals surface area contributed by atoms with Crippen LogP contribution in [0.4, 0.5) is 5.69 Å². The molecule has 0 radical (unpaired) electrons. The summed E-state index contributed by atoms with van der Waals surface area (Å²) in [6.45, 7) is 2.20. The molecule has 2 aromatic carbocycles. The van der Waals surface area contributed by atoms with E-state index in [1.54, 1.807) is 19.3 Å². The van der Waals surface area contributed by atoms with Crippen molar-refractivity contribution in [3.8, 4) is 11.5 Å². The first-order valence-electron chi connectivity index (χ1n) is 8.44. The molecule has 1 fully saturated rings. The van der Waals surface area contributed by atoms with E-state index in [9.17, 15) is 19.8 Å². The predicted octanol–water partition coefficient (Wildman–Crippen LogP) is 3.72. The van der Waals surface area contributed by atoms with E-state index in [1.165, 1.54) is 17.0 Å². The Kier molecular flexibility index (Phi) is 5.70. The molecular formula is C20H18N2O5S. The number of likely N-dealkylation sites (N-methyl/N-ethyl adjacent to an activating group) is 1. The van der Waals surface area contributed by atoms with E-state index in [0.717, 1.165) is 23.4 Å². The first-order valence-corrected chi connectivity index (χ1v) is 9.25. The van der Waals surface area contributed by atoms with Crippen molar-refractivity contribution < 1.29 is 24.5 Å². The molecule has 0 spiro atoms. The fraction of sp³-hybridized carbons (Fsp3) is 0.150. The van der Waals surface area contributed by atoms with Crippen LogP contribution in [0.2, 0.25) is 0 Å². The average molecular weight is 398 g/mol. The summed E-state index contributed by atoms with van der Waals surface area (Å²) in [4.78, 5) is 30.5. The number of rotatable bonds is 5. The van der Waals surface area contributed by atoms with Gasteiger partial charge in [-0.05, 0) is 49.0 Å². The highest BCUT2D eigenvalue weighted by molar-refractivity contribution is 8.18. The number of hydrogen-bond acceptors (Lipinski definition) is 6. The molecular weight excluding hydrogens is 380 g/mol. The molecule has 2 N–H and O–H groups in total. The molecule has 0 aromatic heterocycles. The van der Waals surface area contributed by atoms with Gasteiger partial charge in [-0.25, -0.2) is 9.79 Å². The Hall–Kier alpha value is -3.26. The number of amides is 1. The van der Waals surface area contributed by atoms with Crippen LogP contribution in [0.25, 0.3) is 6.08 Å². The number of carboxylic acids is 1. The number of carboxylic acid groups (broad SMARTS) is 1. The molecule has 8 heteroatoms. The SMILES string of the molecule is CCN1C(=O)/C(=C/c2ccccc2OC)SC1=Nc1ccc(O)cc1C(=O)O. The van der Waals surface area contributed by atoms with Gasteiger partial charge in [-0.3, -0.25) is 9.69 Å². The zero-order valence-electron chi connectivity index (χ0n) is 15.2. The number of aromatic hydroxyl groups is 1. The maximum absolute atomic E-state index is 12.8. The molecule has 7 nitrogen and oxygen atoms in total. The number of nitrogens with zero attached hydrogens (tertiary/aromatic N) is 2. The molecule has 0 unspecified atom stereocenters. The van der Waals surface area contributed by atoms with Crippen molar-refractivity contribution in [3.63, 3.8) is 0 Å². The minimum atomic E-state index is -1.21. The molecule has 144 valence electrons. The third kappa shape index (κ3) is 3.86. The van der Waals surface area contributed by atoms with Gasteiger partial charge in [0.15, 0.2) is 5.17 Å². The summed E-state index contributed by atoms with van der Waals surface area (Å²) in [5, 5.41) is 19.3. The molecule has 28 heavy (non-hydrogen) atoms. The number of methoxy groups -OCH3 is 1. The summed E-state index contributed by atoms with van der Waals surface area (Å²) in [6, 6.07) is 11.2. The van der Waals surface area contributed by atoms with Crippen LogP contribution in [-0.2, 0) is 4.79 Å². The Morgan fingerprint density at radius 3 is 2.71 bits per heavy atom. The Morgan fingerprint density at radius 1 is 1.29 bits per heavy atom. The normalized spacial score (nSPS) is 16.8. The zero-order chi connectivity index (χ0) is 20.3. The monoisotopic (exact) mass is 398 g/mol. The van der Waals surface area contributed by atoms with Gasteiger partial charge in [-0.15, -0.1) is 0 Å². The minimum Gasteiger partial charge on any atom is -0.508 e. The number of phenols is 1. The molecule has 1 amide bonds. The van der Waals surface area contributed by atoms with Crippen molar-refractivity contribution in [2.75, 3.05) is 13.7 Å². The lowest BCUT2D eigenvalue weighted by molar-refractivity contribution is -0.122. The molecule has 1 aliphatic heterocycles. The molecule has 0 aliphatic carbocycles. The standard InChI is InChI=1S/C20H18N2O5S/c1-3-22-18(24)17(10-12-6-4-5-7-16(12)27-2)28-20(22)21-15-9-8-13(23)11-14(15)19(25)26/h4-11,23H,3H2,1-2H3,(H,25,26)/b17-10-,21-20?. The average Bonchev–Trinajstić information content (AvgIpc) is 2.97. The van der Waals surface area contributed by atoms with Crippen LogP contribution in [0.3, 0.4) is 0 Å². The van der Waals surface area contributed by atoms with Gasteiger partial charge >= 0.3 is 5.97 Å². The number of hydrogen-bond donors (Lipinski definition) is 2. The zero-order valence-corrected chi connectivity index (χ0v) is 16.1. The van der Waals surface area contributed by atoms with Crippen LogP contribution in [0.1, 0.15) is 22.8 Å². The molecule has 0 atom stereocenters. The topological polar surface area (TPSA) is 99.4 Å². The van der Waals surface area contributed by atoms with E-state index in [1.807, 2.05) is 25.1 Å². The van der Waals surface area contributed by atoms with Crippen LogP contribution < -0.4 is 4.74 Å². The summed E-state index contributed by atoms with van der Waals surface area (Å²) >= 11 is 1.16. The molecule has 1 heterocycles. The summed E-state index contributed by atoms with van der Waals surface area (Å²) in [5.41, 5.74) is 0.783. The third-order valence-electron chi connectivity index (χ3n) is 4.06. The Morgan fingerprint density at radius 2 is 2.04 bits per heavy atom. The van der Waals surface area contributed by atoms with E-state index < -0.39 is 5.97 Å². The molecule has 2 aromatic rings. The highest BCUT2D eigenvalue weighted by Crippen LogP contribution is 2.36. The van der Waals surface area contributed by atoms with Gasteiger partial charge in [0.2, 0.25) is 0 Å². The highest BCUT2D eigenvalue weighted by Gasteiger charge is 2.32. The number of carbonyl (C=O) groups is 2. The van der Waals surface area contributed by atoms with Crippen molar-refractivity contribution >= 4 is 40.6 Å². The van der Waals surface area contributed by atoms with Crippen LogP contribution in [0.5, 0.6) is 11.5 Å². The molecule has 0 saturated carbocycles. The van der Waals surface area contributed by atoms with Crippen molar-refractivity contribution in [3.05, 3.63) is 58.5 Å². The van der Waals surface area contributed by atoms with E-state index in [-0.39, 0.29) is 22.9 Å². The van der Waals surface area contributed by atoms with E-state index in [0.29, 0.717) is 22.4 Å². The first-order chi connectivity index (χ1) is 13.4. The molecule has 1 aliphatic rings. The summed E-state index contributed by atoms with van der Waals surface area (Å²) in [5.74, 6) is -0.950. The number of thioether (sulfide) groups is 1. The van der Waals surface area contributed by atoms with E-state index in [4.69, 9.17) is 4.74 Å². The number of aliphatic imine (C=N–C) groups is 1. The fourth-order valence-corrected chi connectivity index (χ4v) is 3.74. The maximum Gasteiger partial charge on any atom is 0.338 e. The van der Waals surface area contributed by atoms with Gasteiger partial charge in [0.25, 0.3) is 5.91 Å². The van der Waals surface area contributed by atoms with Gasteiger partial charge < -0.3 is 14.9 Å². The number of carbonyl (C=O) groups excluding carboxylic acids is 1. The largest absolute Gasteiger partial charge is 0.508 e. The third-order valence-corrected chi connectivity index (χ3v) is 5.06. The van der Waals surface area contributed by atoms with Gasteiger partial charge in [0.05, 0.1) is 23.3 Å². The highest BCUT2D eigenvalue weighted by atomic mass is 32.2. The van der Waals surface area contributed by atoms with Gasteiger partial charge in [-0.2, -0.15) is 0 Å². The second-order valence-electron chi connectivity index (χ2n) is 5.80. The summed E-state index contributed by atoms with van der Waals surface area (Å²) in [6.07, 6.45) is 1.73. The van der Waals surface area contributed by atoms with Crippen molar-refractivity contribution in [2.24, 2.45) is 4.99 Å². The number of amidine groups is 1. The molecule has 0 bridgehead atoms. The van der Waals surface area contributed by atoms with Crippen molar-refractivity contribution in [1.29, 1.82) is 0 Å². The Labute approximate surface area is 166 Å². The lowest BCUT2D eigenvalue weighted by atomic mass is 10.2. The van der Waals surface area contributed by atoms with Crippen LogP contribution in [-0.4, -0.2) is 45.8 Å². The van der Waals surface area contributed by atoms with Crippen LogP contribution in [0, 0.1) is 0 Å². The number of phenolic OH excluding ortho intramolecular Hbond substituents is 1. The maximum atomic E-state index is 12.8. The van der Waals surface area contributed by atoms with Gasteiger partial charge in [-0.1, -0.05) is 18.2 Å².